The highest BCUT2D eigenvalue weighted by Crippen LogP contribution is 2.62. The van der Waals surface area contributed by atoms with Crippen LogP contribution in [0.15, 0.2) is 12.7 Å². The lowest BCUT2D eigenvalue weighted by Gasteiger charge is -2.56. The van der Waals surface area contributed by atoms with Crippen LogP contribution < -0.4 is 0 Å². The average molecular weight is 379 g/mol. The number of carbonyl (C=O) groups is 1. The first kappa shape index (κ1) is 24.4. The van der Waals surface area contributed by atoms with Crippen molar-refractivity contribution in [3.05, 3.63) is 12.7 Å². The van der Waals surface area contributed by atoms with Crippen molar-refractivity contribution in [2.75, 3.05) is 0 Å². The number of fused-ring (bicyclic) bond motifs is 3. The van der Waals surface area contributed by atoms with Crippen molar-refractivity contribution in [2.24, 2.45) is 40.9 Å². The third-order valence-corrected chi connectivity index (χ3v) is 8.21. The van der Waals surface area contributed by atoms with Crippen molar-refractivity contribution >= 4 is 6.29 Å². The van der Waals surface area contributed by atoms with E-state index in [2.05, 4.69) is 33.4 Å². The monoisotopic (exact) mass is 378 g/mol. The van der Waals surface area contributed by atoms with Crippen LogP contribution in [-0.2, 0) is 4.79 Å². The van der Waals surface area contributed by atoms with Gasteiger partial charge in [-0.1, -0.05) is 53.5 Å². The molecule has 0 aromatic carbocycles. The molecule has 160 valence electrons. The fourth-order valence-electron chi connectivity index (χ4n) is 7.15. The molecule has 3 rings (SSSR count). The van der Waals surface area contributed by atoms with Gasteiger partial charge in [0.25, 0.3) is 0 Å². The van der Waals surface area contributed by atoms with E-state index in [1.54, 1.807) is 19.3 Å². The highest BCUT2D eigenvalue weighted by Gasteiger charge is 2.53. The predicted octanol–water partition coefficient (Wildman–Crippen LogP) is 8.33. The SMILES string of the molecule is C=CCC1CCC2C3CC(CC)CC3CCC2C1(C)CCC.CC.CC=O.[HH]. The Kier molecular flexibility index (Phi) is 10.9. The maximum atomic E-state index is 8.81. The summed E-state index contributed by atoms with van der Waals surface area (Å²) in [6.45, 7) is 17.0. The topological polar surface area (TPSA) is 17.1 Å². The molecule has 0 spiro atoms. The molecule has 0 aromatic heterocycles. The normalized spacial score (nSPS) is 39.6. The van der Waals surface area contributed by atoms with E-state index in [0.29, 0.717) is 5.41 Å². The summed E-state index contributed by atoms with van der Waals surface area (Å²) in [6.07, 6.45) is 17.6. The Balaban J connectivity index is 0.00000111. The number of rotatable bonds is 5. The number of hydrogen-bond acceptors (Lipinski definition) is 1. The first-order valence-electron chi connectivity index (χ1n) is 12.1. The van der Waals surface area contributed by atoms with Crippen LogP contribution in [0.1, 0.15) is 107 Å². The summed E-state index contributed by atoms with van der Waals surface area (Å²) in [6, 6.07) is 0. The second kappa shape index (κ2) is 12.1. The lowest BCUT2D eigenvalue weighted by atomic mass is 9.49. The minimum atomic E-state index is 0. The van der Waals surface area contributed by atoms with Crippen LogP contribution in [0.4, 0.5) is 0 Å². The highest BCUT2D eigenvalue weighted by molar-refractivity contribution is 5.44. The minimum absolute atomic E-state index is 0. The Labute approximate surface area is 172 Å². The molecule has 27 heavy (non-hydrogen) atoms. The summed E-state index contributed by atoms with van der Waals surface area (Å²) >= 11 is 0. The fourth-order valence-corrected chi connectivity index (χ4v) is 7.15. The smallest absolute Gasteiger partial charge is 0.116 e. The van der Waals surface area contributed by atoms with Crippen molar-refractivity contribution in [3.63, 3.8) is 0 Å². The molecule has 1 heteroatoms. The molecule has 3 saturated carbocycles. The van der Waals surface area contributed by atoms with Gasteiger partial charge >= 0.3 is 0 Å². The predicted molar refractivity (Wildman–Crippen MR) is 122 cm³/mol. The number of carbonyl (C=O) groups excluding carboxylic acids is 1. The van der Waals surface area contributed by atoms with Crippen molar-refractivity contribution in [2.45, 2.75) is 106 Å². The molecule has 3 aliphatic rings. The molecule has 3 aliphatic carbocycles. The van der Waals surface area contributed by atoms with Crippen LogP contribution in [0.2, 0.25) is 0 Å². The van der Waals surface area contributed by atoms with Crippen molar-refractivity contribution < 1.29 is 6.22 Å². The van der Waals surface area contributed by atoms with Crippen LogP contribution in [0.5, 0.6) is 0 Å². The first-order chi connectivity index (χ1) is 13.0. The molecule has 0 radical (unpaired) electrons. The van der Waals surface area contributed by atoms with E-state index in [1.807, 2.05) is 13.8 Å². The Hall–Kier alpha value is -0.590. The van der Waals surface area contributed by atoms with Crippen molar-refractivity contribution in [1.82, 2.24) is 0 Å². The second-order valence-electron chi connectivity index (χ2n) is 9.31. The summed E-state index contributed by atoms with van der Waals surface area (Å²) < 4.78 is 0. The molecule has 0 amide bonds. The van der Waals surface area contributed by atoms with Crippen LogP contribution in [0.25, 0.3) is 0 Å². The van der Waals surface area contributed by atoms with Gasteiger partial charge in [-0.2, -0.15) is 0 Å². The Morgan fingerprint density at radius 2 is 1.74 bits per heavy atom. The molecule has 3 fully saturated rings. The Morgan fingerprint density at radius 1 is 1.07 bits per heavy atom. The molecule has 0 saturated heterocycles. The largest absolute Gasteiger partial charge is 0.304 e. The first-order valence-corrected chi connectivity index (χ1v) is 12.1. The fraction of sp³-hybridized carbons (Fsp3) is 0.885. The molecule has 0 N–H and O–H groups in total. The highest BCUT2D eigenvalue weighted by atomic mass is 16.1. The van der Waals surface area contributed by atoms with Gasteiger partial charge in [0, 0.05) is 1.43 Å². The molecule has 0 heterocycles. The maximum Gasteiger partial charge on any atom is 0.116 e. The van der Waals surface area contributed by atoms with Gasteiger partial charge in [-0.05, 0) is 99.2 Å². The van der Waals surface area contributed by atoms with E-state index in [1.165, 1.54) is 51.9 Å². The van der Waals surface area contributed by atoms with Gasteiger partial charge in [0.05, 0.1) is 0 Å². The average Bonchev–Trinajstić information content (AvgIpc) is 3.10. The maximum absolute atomic E-state index is 8.81. The minimum Gasteiger partial charge on any atom is -0.304 e. The summed E-state index contributed by atoms with van der Waals surface area (Å²) in [5.41, 5.74) is 0.598. The van der Waals surface area contributed by atoms with Crippen molar-refractivity contribution in [3.8, 4) is 0 Å². The van der Waals surface area contributed by atoms with E-state index in [4.69, 9.17) is 4.79 Å². The van der Waals surface area contributed by atoms with E-state index in [-0.39, 0.29) is 1.43 Å². The third kappa shape index (κ3) is 5.48. The van der Waals surface area contributed by atoms with E-state index in [9.17, 15) is 0 Å². The quantitative estimate of drug-likeness (QED) is 0.347. The molecular formula is C26H50O. The van der Waals surface area contributed by atoms with E-state index in [0.717, 1.165) is 41.8 Å². The van der Waals surface area contributed by atoms with E-state index >= 15 is 0 Å². The van der Waals surface area contributed by atoms with Crippen LogP contribution in [0, 0.1) is 40.9 Å². The van der Waals surface area contributed by atoms with Crippen LogP contribution in [-0.4, -0.2) is 6.29 Å². The van der Waals surface area contributed by atoms with Gasteiger partial charge < -0.3 is 4.79 Å². The molecule has 1 nitrogen and oxygen atoms in total. The molecule has 7 unspecified atom stereocenters. The van der Waals surface area contributed by atoms with Gasteiger partial charge in [-0.15, -0.1) is 6.58 Å². The van der Waals surface area contributed by atoms with Gasteiger partial charge in [0.1, 0.15) is 6.29 Å². The zero-order valence-corrected chi connectivity index (χ0v) is 19.3. The molecule has 0 bridgehead atoms. The van der Waals surface area contributed by atoms with Crippen molar-refractivity contribution in [1.29, 1.82) is 0 Å². The van der Waals surface area contributed by atoms with Gasteiger partial charge in [-0.25, -0.2) is 0 Å². The zero-order valence-electron chi connectivity index (χ0n) is 19.3. The standard InChI is InChI=1S/C22H38.C2H4O.C2H6.H2/c1-5-8-18-10-11-19-20-15-16(7-3)14-17(20)9-12-21(19)22(18,4)13-6-2;1-2-3;1-2;/h5,16-21H,1,6-15H2,2-4H3;2H,1H3;1-2H3;1H. The second-order valence-corrected chi connectivity index (χ2v) is 9.31. The Morgan fingerprint density at radius 3 is 2.30 bits per heavy atom. The number of aldehydes is 1. The third-order valence-electron chi connectivity index (χ3n) is 8.21. The van der Waals surface area contributed by atoms with Crippen LogP contribution >= 0.6 is 0 Å². The molecule has 7 atom stereocenters. The lowest BCUT2D eigenvalue weighted by Crippen LogP contribution is -2.48. The molecule has 0 aliphatic heterocycles. The van der Waals surface area contributed by atoms with Gasteiger partial charge in [-0.3, -0.25) is 0 Å². The molecule has 0 aromatic rings. The zero-order chi connectivity index (χ0) is 20.4. The summed E-state index contributed by atoms with van der Waals surface area (Å²) in [5, 5.41) is 0. The van der Waals surface area contributed by atoms with Gasteiger partial charge in [0.15, 0.2) is 0 Å². The van der Waals surface area contributed by atoms with Gasteiger partial charge in [0.2, 0.25) is 0 Å². The number of hydrogen-bond donors (Lipinski definition) is 0. The molecular weight excluding hydrogens is 328 g/mol. The number of allylic oxidation sites excluding steroid dienone is 1. The summed E-state index contributed by atoms with van der Waals surface area (Å²) in [7, 11) is 0. The Bertz CT molecular complexity index is 434. The van der Waals surface area contributed by atoms with E-state index < -0.39 is 0 Å². The lowest BCUT2D eigenvalue weighted by molar-refractivity contribution is -0.106. The summed E-state index contributed by atoms with van der Waals surface area (Å²) in [4.78, 5) is 8.81. The van der Waals surface area contributed by atoms with Crippen LogP contribution in [0.3, 0.4) is 0 Å². The summed E-state index contributed by atoms with van der Waals surface area (Å²) in [5.74, 6) is 6.22.